The van der Waals surface area contributed by atoms with E-state index in [1.54, 1.807) is 7.05 Å². The van der Waals surface area contributed by atoms with E-state index in [9.17, 15) is 9.59 Å². The maximum atomic E-state index is 12.2. The summed E-state index contributed by atoms with van der Waals surface area (Å²) in [6, 6.07) is 0.319. The number of primary amides is 1. The molecule has 2 amide bonds. The Morgan fingerprint density at radius 1 is 1.12 bits per heavy atom. The molecule has 148 valence electrons. The van der Waals surface area contributed by atoms with Gasteiger partial charge in [-0.1, -0.05) is 19.3 Å². The van der Waals surface area contributed by atoms with Crippen molar-refractivity contribution in [1.29, 1.82) is 0 Å². The van der Waals surface area contributed by atoms with Crippen LogP contribution in [-0.2, 0) is 9.59 Å². The highest BCUT2D eigenvalue weighted by atomic mass is 16.2. The fraction of sp³-hybridized carbons (Fsp3) is 0.833. The number of carbonyl (C=O) groups is 2. The van der Waals surface area contributed by atoms with Crippen molar-refractivity contribution in [2.24, 2.45) is 10.7 Å². The molecule has 0 spiro atoms. The molecule has 1 aliphatic carbocycles. The second kappa shape index (κ2) is 9.21. The lowest BCUT2D eigenvalue weighted by Crippen LogP contribution is -2.61. The maximum Gasteiger partial charge on any atom is 0.239 e. The monoisotopic (exact) mass is 366 g/mol. The highest BCUT2D eigenvalue weighted by Crippen LogP contribution is 2.17. The van der Waals surface area contributed by atoms with E-state index in [0.29, 0.717) is 6.04 Å². The topological polar surface area (TPSA) is 103 Å². The lowest BCUT2D eigenvalue weighted by molar-refractivity contribution is -0.129. The number of guanidine groups is 1. The Kier molecular flexibility index (Phi) is 7.25. The summed E-state index contributed by atoms with van der Waals surface area (Å²) < 4.78 is 0. The number of nitrogens with two attached hydrogens (primary N) is 1. The van der Waals surface area contributed by atoms with Crippen LogP contribution >= 0.6 is 0 Å². The first kappa shape index (κ1) is 20.5. The van der Waals surface area contributed by atoms with Crippen molar-refractivity contribution in [2.75, 3.05) is 39.8 Å². The largest absolute Gasteiger partial charge is 0.368 e. The van der Waals surface area contributed by atoms with Crippen molar-refractivity contribution in [3.05, 3.63) is 0 Å². The molecular formula is C18H34N6O2. The molecule has 0 aromatic heterocycles. The van der Waals surface area contributed by atoms with Gasteiger partial charge in [0.05, 0.1) is 12.1 Å². The molecule has 26 heavy (non-hydrogen) atoms. The van der Waals surface area contributed by atoms with Crippen LogP contribution in [0.25, 0.3) is 0 Å². The molecule has 1 saturated carbocycles. The van der Waals surface area contributed by atoms with Crippen LogP contribution in [0.3, 0.4) is 0 Å². The summed E-state index contributed by atoms with van der Waals surface area (Å²) >= 11 is 0. The van der Waals surface area contributed by atoms with Gasteiger partial charge in [0.2, 0.25) is 11.8 Å². The Morgan fingerprint density at radius 2 is 1.73 bits per heavy atom. The average Bonchev–Trinajstić information content (AvgIpc) is 2.63. The predicted molar refractivity (Wildman–Crippen MR) is 103 cm³/mol. The Labute approximate surface area is 156 Å². The molecule has 0 unspecified atom stereocenters. The number of hydrogen-bond acceptors (Lipinski definition) is 4. The molecule has 1 heterocycles. The SMILES string of the molecule is CN=C(NCC(=O)NC1CCCCC1)N1CCN(C(C)(C)C(N)=O)CC1. The molecule has 0 bridgehead atoms. The number of aliphatic imine (C=N–C) groups is 1. The molecule has 8 heteroatoms. The van der Waals surface area contributed by atoms with Gasteiger partial charge in [0.15, 0.2) is 5.96 Å². The van der Waals surface area contributed by atoms with Gasteiger partial charge in [-0.15, -0.1) is 0 Å². The zero-order valence-corrected chi connectivity index (χ0v) is 16.4. The number of hydrogen-bond donors (Lipinski definition) is 3. The fourth-order valence-corrected chi connectivity index (χ4v) is 3.65. The predicted octanol–water partition coefficient (Wildman–Crippen LogP) is -0.108. The van der Waals surface area contributed by atoms with E-state index in [2.05, 4.69) is 25.4 Å². The van der Waals surface area contributed by atoms with Gasteiger partial charge in [0.1, 0.15) is 0 Å². The second-order valence-electron chi connectivity index (χ2n) is 7.70. The number of nitrogens with zero attached hydrogens (tertiary/aromatic N) is 3. The number of amides is 2. The van der Waals surface area contributed by atoms with Crippen molar-refractivity contribution >= 4 is 17.8 Å². The average molecular weight is 367 g/mol. The Balaban J connectivity index is 1.77. The zero-order valence-electron chi connectivity index (χ0n) is 16.4. The summed E-state index contributed by atoms with van der Waals surface area (Å²) in [6.45, 7) is 6.87. The first-order valence-corrected chi connectivity index (χ1v) is 9.64. The van der Waals surface area contributed by atoms with Gasteiger partial charge in [-0.25, -0.2) is 0 Å². The summed E-state index contributed by atoms with van der Waals surface area (Å²) in [5.74, 6) is 0.430. The van der Waals surface area contributed by atoms with Gasteiger partial charge in [-0.3, -0.25) is 19.5 Å². The van der Waals surface area contributed by atoms with Gasteiger partial charge in [0.25, 0.3) is 0 Å². The van der Waals surface area contributed by atoms with Gasteiger partial charge in [-0.05, 0) is 26.7 Å². The van der Waals surface area contributed by atoms with Gasteiger partial charge in [0, 0.05) is 39.3 Å². The minimum Gasteiger partial charge on any atom is -0.368 e. The minimum absolute atomic E-state index is 0.0200. The normalized spacial score (nSPS) is 20.7. The van der Waals surface area contributed by atoms with Gasteiger partial charge in [-0.2, -0.15) is 0 Å². The number of rotatable bonds is 5. The first-order valence-electron chi connectivity index (χ1n) is 9.64. The van der Waals surface area contributed by atoms with Crippen molar-refractivity contribution < 1.29 is 9.59 Å². The summed E-state index contributed by atoms with van der Waals surface area (Å²) in [7, 11) is 1.72. The molecule has 0 radical (unpaired) electrons. The zero-order chi connectivity index (χ0) is 19.2. The number of nitrogens with one attached hydrogen (secondary N) is 2. The van der Waals surface area contributed by atoms with E-state index in [1.165, 1.54) is 19.3 Å². The smallest absolute Gasteiger partial charge is 0.239 e. The third-order valence-electron chi connectivity index (χ3n) is 5.56. The summed E-state index contributed by atoms with van der Waals surface area (Å²) in [5, 5.41) is 6.26. The summed E-state index contributed by atoms with van der Waals surface area (Å²) in [5.41, 5.74) is 4.85. The molecule has 0 aromatic carbocycles. The Bertz CT molecular complexity index is 520. The van der Waals surface area contributed by atoms with E-state index in [4.69, 9.17) is 5.73 Å². The van der Waals surface area contributed by atoms with Crippen LogP contribution in [0.4, 0.5) is 0 Å². The molecular weight excluding hydrogens is 332 g/mol. The number of piperazine rings is 1. The van der Waals surface area contributed by atoms with E-state index < -0.39 is 5.54 Å². The molecule has 0 aromatic rings. The van der Waals surface area contributed by atoms with Gasteiger partial charge >= 0.3 is 0 Å². The van der Waals surface area contributed by atoms with Crippen LogP contribution in [0, 0.1) is 0 Å². The molecule has 0 atom stereocenters. The van der Waals surface area contributed by atoms with E-state index in [0.717, 1.165) is 45.0 Å². The van der Waals surface area contributed by atoms with Crippen molar-refractivity contribution in [1.82, 2.24) is 20.4 Å². The van der Waals surface area contributed by atoms with Crippen LogP contribution in [0.5, 0.6) is 0 Å². The molecule has 4 N–H and O–H groups in total. The molecule has 2 rings (SSSR count). The molecule has 1 saturated heterocycles. The lowest BCUT2D eigenvalue weighted by atomic mass is 9.95. The third kappa shape index (κ3) is 5.33. The fourth-order valence-electron chi connectivity index (χ4n) is 3.65. The molecule has 1 aliphatic heterocycles. The van der Waals surface area contributed by atoms with Crippen LogP contribution in [0.15, 0.2) is 4.99 Å². The van der Waals surface area contributed by atoms with E-state index in [1.807, 2.05) is 13.8 Å². The third-order valence-corrected chi connectivity index (χ3v) is 5.56. The maximum absolute atomic E-state index is 12.2. The van der Waals surface area contributed by atoms with E-state index in [-0.39, 0.29) is 18.4 Å². The van der Waals surface area contributed by atoms with E-state index >= 15 is 0 Å². The van der Waals surface area contributed by atoms with Crippen molar-refractivity contribution in [3.63, 3.8) is 0 Å². The van der Waals surface area contributed by atoms with Gasteiger partial charge < -0.3 is 21.3 Å². The summed E-state index contributed by atoms with van der Waals surface area (Å²) in [4.78, 5) is 32.3. The first-order chi connectivity index (χ1) is 12.3. The molecule has 2 aliphatic rings. The minimum atomic E-state index is -0.650. The number of carbonyl (C=O) groups excluding carboxylic acids is 2. The molecule has 2 fully saturated rings. The Morgan fingerprint density at radius 3 is 2.27 bits per heavy atom. The van der Waals surface area contributed by atoms with Crippen LogP contribution < -0.4 is 16.4 Å². The van der Waals surface area contributed by atoms with Crippen molar-refractivity contribution in [3.8, 4) is 0 Å². The summed E-state index contributed by atoms with van der Waals surface area (Å²) in [6.07, 6.45) is 5.84. The van der Waals surface area contributed by atoms with Crippen LogP contribution in [0.2, 0.25) is 0 Å². The Hall–Kier alpha value is -1.83. The second-order valence-corrected chi connectivity index (χ2v) is 7.70. The van der Waals surface area contributed by atoms with Crippen molar-refractivity contribution in [2.45, 2.75) is 57.5 Å². The highest BCUT2D eigenvalue weighted by molar-refractivity contribution is 5.87. The standard InChI is InChI=1S/C18H34N6O2/c1-18(2,16(19)26)24-11-9-23(10-12-24)17(20-3)21-13-15(25)22-14-7-5-4-6-8-14/h14H,4-13H2,1-3H3,(H2,19,26)(H,20,21)(H,22,25). The van der Waals surface area contributed by atoms with Crippen LogP contribution in [0.1, 0.15) is 46.0 Å². The quantitative estimate of drug-likeness (QED) is 0.465. The highest BCUT2D eigenvalue weighted by Gasteiger charge is 2.35. The molecule has 8 nitrogen and oxygen atoms in total. The van der Waals surface area contributed by atoms with Crippen LogP contribution in [-0.4, -0.2) is 78.9 Å². The lowest BCUT2D eigenvalue weighted by Gasteiger charge is -2.43.